The van der Waals surface area contributed by atoms with Crippen molar-refractivity contribution in [1.29, 1.82) is 0 Å². The van der Waals surface area contributed by atoms with Crippen LogP contribution in [0.2, 0.25) is 0 Å². The van der Waals surface area contributed by atoms with Gasteiger partial charge < -0.3 is 5.32 Å². The Morgan fingerprint density at radius 3 is 2.10 bits per heavy atom. The molecule has 1 atom stereocenters. The Kier molecular flexibility index (Phi) is 11.9. The summed E-state index contributed by atoms with van der Waals surface area (Å²) in [5.74, 6) is 0. The molecule has 20 heavy (non-hydrogen) atoms. The number of allylic oxidation sites excluding steroid dienone is 2. The Morgan fingerprint density at radius 1 is 1.00 bits per heavy atom. The molecule has 0 aromatic heterocycles. The SMILES string of the molecule is C=CCC(C)(CC=C)CC(C)NCCCCCCCC. The van der Waals surface area contributed by atoms with Crippen LogP contribution in [0, 0.1) is 5.41 Å². The molecule has 0 aromatic rings. The molecule has 0 aromatic carbocycles. The van der Waals surface area contributed by atoms with Crippen molar-refractivity contribution in [2.45, 2.75) is 84.6 Å². The minimum atomic E-state index is 0.317. The molecule has 0 aliphatic carbocycles. The predicted octanol–water partition coefficient (Wildman–Crippen LogP) is 5.87. The lowest BCUT2D eigenvalue weighted by molar-refractivity contribution is 0.264. The van der Waals surface area contributed by atoms with Gasteiger partial charge in [-0.25, -0.2) is 0 Å². The molecular weight excluding hydrogens is 242 g/mol. The first-order valence-corrected chi connectivity index (χ1v) is 8.53. The van der Waals surface area contributed by atoms with Crippen molar-refractivity contribution >= 4 is 0 Å². The van der Waals surface area contributed by atoms with E-state index in [-0.39, 0.29) is 0 Å². The smallest absolute Gasteiger partial charge is 0.00441 e. The van der Waals surface area contributed by atoms with Gasteiger partial charge in [0.1, 0.15) is 0 Å². The van der Waals surface area contributed by atoms with Crippen molar-refractivity contribution < 1.29 is 0 Å². The predicted molar refractivity (Wildman–Crippen MR) is 93.2 cm³/mol. The van der Waals surface area contributed by atoms with Gasteiger partial charge in [-0.15, -0.1) is 13.2 Å². The Morgan fingerprint density at radius 2 is 1.55 bits per heavy atom. The van der Waals surface area contributed by atoms with Crippen LogP contribution in [0.3, 0.4) is 0 Å². The zero-order valence-corrected chi connectivity index (χ0v) is 14.2. The van der Waals surface area contributed by atoms with Gasteiger partial charge in [0, 0.05) is 6.04 Å². The fourth-order valence-electron chi connectivity index (χ4n) is 3.01. The van der Waals surface area contributed by atoms with Crippen molar-refractivity contribution in [2.24, 2.45) is 5.41 Å². The van der Waals surface area contributed by atoms with Gasteiger partial charge in [0.05, 0.1) is 0 Å². The quantitative estimate of drug-likeness (QED) is 0.309. The van der Waals surface area contributed by atoms with Crippen LogP contribution < -0.4 is 5.32 Å². The Labute approximate surface area is 127 Å². The van der Waals surface area contributed by atoms with E-state index in [4.69, 9.17) is 0 Å². The molecule has 0 aliphatic rings. The normalized spacial score (nSPS) is 13.2. The molecule has 1 unspecified atom stereocenters. The van der Waals surface area contributed by atoms with E-state index in [0.29, 0.717) is 11.5 Å². The highest BCUT2D eigenvalue weighted by molar-refractivity contribution is 4.90. The molecule has 0 aliphatic heterocycles. The second-order valence-electron chi connectivity index (χ2n) is 6.62. The lowest BCUT2D eigenvalue weighted by Gasteiger charge is -2.30. The molecule has 0 saturated heterocycles. The van der Waals surface area contributed by atoms with E-state index in [1.54, 1.807) is 0 Å². The van der Waals surface area contributed by atoms with E-state index in [9.17, 15) is 0 Å². The fraction of sp³-hybridized carbons (Fsp3) is 0.789. The van der Waals surface area contributed by atoms with Crippen LogP contribution in [0.5, 0.6) is 0 Å². The summed E-state index contributed by atoms with van der Waals surface area (Å²) in [7, 11) is 0. The summed E-state index contributed by atoms with van der Waals surface area (Å²) in [6, 6.07) is 0.579. The third-order valence-electron chi connectivity index (χ3n) is 4.10. The molecule has 118 valence electrons. The molecule has 1 heteroatoms. The van der Waals surface area contributed by atoms with Crippen LogP contribution in [0.1, 0.15) is 78.6 Å². The monoisotopic (exact) mass is 279 g/mol. The van der Waals surface area contributed by atoms with Gasteiger partial charge in [0.2, 0.25) is 0 Å². The molecule has 0 spiro atoms. The Bertz CT molecular complexity index is 234. The maximum Gasteiger partial charge on any atom is 0.00441 e. The maximum atomic E-state index is 3.89. The minimum Gasteiger partial charge on any atom is -0.314 e. The highest BCUT2D eigenvalue weighted by Gasteiger charge is 2.23. The molecule has 0 heterocycles. The Hall–Kier alpha value is -0.560. The van der Waals surface area contributed by atoms with Crippen LogP contribution in [-0.2, 0) is 0 Å². The first-order valence-electron chi connectivity index (χ1n) is 8.53. The zero-order chi connectivity index (χ0) is 15.3. The third-order valence-corrected chi connectivity index (χ3v) is 4.10. The lowest BCUT2D eigenvalue weighted by Crippen LogP contribution is -2.32. The third kappa shape index (κ3) is 10.3. The van der Waals surface area contributed by atoms with Crippen molar-refractivity contribution in [3.8, 4) is 0 Å². The Balaban J connectivity index is 3.76. The number of unbranched alkanes of at least 4 members (excludes halogenated alkanes) is 5. The summed E-state index contributed by atoms with van der Waals surface area (Å²) in [6.07, 6.45) is 15.6. The van der Waals surface area contributed by atoms with E-state index >= 15 is 0 Å². The number of nitrogens with one attached hydrogen (secondary N) is 1. The molecule has 0 radical (unpaired) electrons. The van der Waals surface area contributed by atoms with Crippen LogP contribution in [0.15, 0.2) is 25.3 Å². The van der Waals surface area contributed by atoms with Gasteiger partial charge in [-0.05, 0) is 44.6 Å². The van der Waals surface area contributed by atoms with Crippen LogP contribution in [0.25, 0.3) is 0 Å². The number of hydrogen-bond donors (Lipinski definition) is 1. The summed E-state index contributed by atoms with van der Waals surface area (Å²) in [5, 5.41) is 3.68. The minimum absolute atomic E-state index is 0.317. The van der Waals surface area contributed by atoms with Gasteiger partial charge in [-0.3, -0.25) is 0 Å². The van der Waals surface area contributed by atoms with E-state index in [2.05, 4.69) is 39.2 Å². The average Bonchev–Trinajstić information content (AvgIpc) is 2.38. The van der Waals surface area contributed by atoms with Crippen molar-refractivity contribution in [2.75, 3.05) is 6.54 Å². The highest BCUT2D eigenvalue weighted by atomic mass is 14.9. The second kappa shape index (κ2) is 12.2. The van der Waals surface area contributed by atoms with E-state index in [1.807, 2.05) is 12.2 Å². The molecule has 0 bridgehead atoms. The van der Waals surface area contributed by atoms with Gasteiger partial charge in [0.25, 0.3) is 0 Å². The summed E-state index contributed by atoms with van der Waals surface area (Å²) in [6.45, 7) is 15.9. The van der Waals surface area contributed by atoms with Crippen LogP contribution >= 0.6 is 0 Å². The fourth-order valence-corrected chi connectivity index (χ4v) is 3.01. The van der Waals surface area contributed by atoms with Crippen molar-refractivity contribution in [1.82, 2.24) is 5.32 Å². The molecule has 1 N–H and O–H groups in total. The van der Waals surface area contributed by atoms with Gasteiger partial charge >= 0.3 is 0 Å². The zero-order valence-electron chi connectivity index (χ0n) is 14.2. The summed E-state index contributed by atoms with van der Waals surface area (Å²) < 4.78 is 0. The summed E-state index contributed by atoms with van der Waals surface area (Å²) in [5.41, 5.74) is 0.317. The molecule has 0 rings (SSSR count). The molecular formula is C19H37N. The summed E-state index contributed by atoms with van der Waals surface area (Å²) >= 11 is 0. The maximum absolute atomic E-state index is 3.89. The molecule has 0 amide bonds. The highest BCUT2D eigenvalue weighted by Crippen LogP contribution is 2.32. The molecule has 0 fully saturated rings. The van der Waals surface area contributed by atoms with E-state index in [1.165, 1.54) is 44.9 Å². The summed E-state index contributed by atoms with van der Waals surface area (Å²) in [4.78, 5) is 0. The second-order valence-corrected chi connectivity index (χ2v) is 6.62. The molecule has 0 saturated carbocycles. The van der Waals surface area contributed by atoms with Crippen molar-refractivity contribution in [3.05, 3.63) is 25.3 Å². The van der Waals surface area contributed by atoms with Gasteiger partial charge in [-0.1, -0.05) is 58.1 Å². The van der Waals surface area contributed by atoms with E-state index in [0.717, 1.165) is 19.4 Å². The van der Waals surface area contributed by atoms with Gasteiger partial charge in [-0.2, -0.15) is 0 Å². The van der Waals surface area contributed by atoms with Crippen LogP contribution in [-0.4, -0.2) is 12.6 Å². The lowest BCUT2D eigenvalue weighted by atomic mass is 9.78. The molecule has 1 nitrogen and oxygen atoms in total. The number of hydrogen-bond acceptors (Lipinski definition) is 1. The van der Waals surface area contributed by atoms with Crippen molar-refractivity contribution in [3.63, 3.8) is 0 Å². The largest absolute Gasteiger partial charge is 0.314 e. The van der Waals surface area contributed by atoms with Crippen LogP contribution in [0.4, 0.5) is 0 Å². The first kappa shape index (κ1) is 19.4. The first-order chi connectivity index (χ1) is 9.58. The topological polar surface area (TPSA) is 12.0 Å². The van der Waals surface area contributed by atoms with E-state index < -0.39 is 0 Å². The number of rotatable bonds is 14. The average molecular weight is 280 g/mol. The van der Waals surface area contributed by atoms with Gasteiger partial charge in [0.15, 0.2) is 0 Å². The standard InChI is InChI=1S/C19H37N/c1-6-9-10-11-12-13-16-20-18(4)17-19(5,14-7-2)15-8-3/h7-8,18,20H,2-3,6,9-17H2,1,4-5H3.